The zero-order chi connectivity index (χ0) is 60.1. The Kier molecular flexibility index (Phi) is 10.9. The number of hydrogen-bond donors (Lipinski definition) is 0. The van der Waals surface area contributed by atoms with Crippen molar-refractivity contribution < 1.29 is 0 Å². The van der Waals surface area contributed by atoms with Crippen molar-refractivity contribution in [2.24, 2.45) is 0 Å². The van der Waals surface area contributed by atoms with Gasteiger partial charge in [0.15, 0.2) is 11.6 Å². The Morgan fingerprint density at radius 3 is 1.73 bits per heavy atom. The van der Waals surface area contributed by atoms with E-state index in [9.17, 15) is 0 Å². The number of aryl methyl sites for hydroxylation is 1. The highest BCUT2D eigenvalue weighted by atomic mass is 15.0. The lowest BCUT2D eigenvalue weighted by Gasteiger charge is -2.15. The van der Waals surface area contributed by atoms with Crippen molar-refractivity contribution >= 4 is 70.9 Å². The van der Waals surface area contributed by atoms with Crippen molar-refractivity contribution in [1.29, 1.82) is 0 Å². The molecule has 6 nitrogen and oxygen atoms in total. The second-order valence-corrected chi connectivity index (χ2v) is 24.6. The minimum Gasteiger partial charge on any atom is -0.309 e. The van der Waals surface area contributed by atoms with Gasteiger partial charge in [0.05, 0.1) is 44.7 Å². The summed E-state index contributed by atoms with van der Waals surface area (Å²) in [5.74, 6) is 1.36. The van der Waals surface area contributed by atoms with Crippen LogP contribution in [-0.4, -0.2) is 29.1 Å². The summed E-state index contributed by atoms with van der Waals surface area (Å²) in [6.07, 6.45) is 4.61. The van der Waals surface area contributed by atoms with Gasteiger partial charge in [0, 0.05) is 71.7 Å². The van der Waals surface area contributed by atoms with E-state index in [1.165, 1.54) is 105 Å². The molecule has 4 aromatic heterocycles. The summed E-state index contributed by atoms with van der Waals surface area (Å²) < 4.78 is 4.93. The predicted molar refractivity (Wildman–Crippen MR) is 379 cm³/mol. The van der Waals surface area contributed by atoms with Gasteiger partial charge in [0.2, 0.25) is 0 Å². The molecule has 17 aromatic rings. The third-order valence-corrected chi connectivity index (χ3v) is 19.7. The van der Waals surface area contributed by atoms with Gasteiger partial charge in [-0.3, -0.25) is 0 Å². The topological polar surface area (TPSA) is 61.4 Å². The molecule has 0 saturated carbocycles. The van der Waals surface area contributed by atoms with Gasteiger partial charge in [-0.15, -0.1) is 0 Å². The van der Waals surface area contributed by atoms with Gasteiger partial charge in [0.25, 0.3) is 0 Å². The van der Waals surface area contributed by atoms with Crippen LogP contribution in [0.1, 0.15) is 23.1 Å². The average Bonchev–Trinajstić information content (AvgIpc) is 1.55. The highest BCUT2D eigenvalue weighted by Crippen LogP contribution is 2.55. The van der Waals surface area contributed by atoms with E-state index in [-0.39, 0.29) is 0 Å². The summed E-state index contributed by atoms with van der Waals surface area (Å²) in [7, 11) is 0. The van der Waals surface area contributed by atoms with Crippen molar-refractivity contribution in [3.8, 4) is 112 Å². The Morgan fingerprint density at radius 2 is 0.913 bits per heavy atom. The second kappa shape index (κ2) is 19.7. The summed E-state index contributed by atoms with van der Waals surface area (Å²) >= 11 is 0. The van der Waals surface area contributed by atoms with Crippen LogP contribution in [0.4, 0.5) is 0 Å². The normalized spacial score (nSPS) is 12.8. The van der Waals surface area contributed by atoms with Crippen LogP contribution in [-0.2, 0) is 6.42 Å². The summed E-state index contributed by atoms with van der Waals surface area (Å²) in [5.41, 5.74) is 31.0. The molecule has 4 heterocycles. The quantitative estimate of drug-likeness (QED) is 0.152. The van der Waals surface area contributed by atoms with Crippen LogP contribution in [0.3, 0.4) is 0 Å². The highest BCUT2D eigenvalue weighted by molar-refractivity contribution is 6.27. The number of aromatic nitrogens is 6. The molecule has 20 rings (SSSR count). The molecule has 3 aliphatic carbocycles. The Labute approximate surface area is 530 Å². The molecule has 0 unspecified atom stereocenters. The maximum absolute atomic E-state index is 5.51. The fourth-order valence-corrected chi connectivity index (χ4v) is 15.7. The first-order valence-electron chi connectivity index (χ1n) is 31.7. The molecule has 0 amide bonds. The van der Waals surface area contributed by atoms with E-state index in [2.05, 4.69) is 288 Å². The number of hydrogen-bond acceptors (Lipinski definition) is 4. The molecule has 0 fully saturated rings. The largest absolute Gasteiger partial charge is 0.309 e. The van der Waals surface area contributed by atoms with Gasteiger partial charge < -0.3 is 9.13 Å². The van der Waals surface area contributed by atoms with Crippen LogP contribution in [0, 0.1) is 0 Å². The summed E-state index contributed by atoms with van der Waals surface area (Å²) in [4.78, 5) is 21.2. The van der Waals surface area contributed by atoms with Gasteiger partial charge in [-0.1, -0.05) is 224 Å². The zero-order valence-electron chi connectivity index (χ0n) is 49.8. The van der Waals surface area contributed by atoms with Gasteiger partial charge in [-0.05, 0) is 152 Å². The highest BCUT2D eigenvalue weighted by Gasteiger charge is 2.32. The molecule has 3 aliphatic rings. The number of fused-ring (bicyclic) bond motifs is 15. The third kappa shape index (κ3) is 7.49. The first kappa shape index (κ1) is 50.8. The standard InChI is InChI=1S/C86H52N6/c1-3-17-52(18-4-1)72-50-73(53-19-5-2-6-20-53)89-85(88-72)57-41-43-59(44-42-57)92-75-36-16-29-61(79(75)70-46-45-65-63-31-13-22-55-24-15-33-69(78(55)63)81(65)84(70)92)51-37-39-56(40-38-51)83-66-27-7-9-34-71(66)87-86(90-83)58-25-11-26-60(49-58)91-74-35-10-8-28-67(74)82-76(91)48-47-64-62-30-12-21-54-23-14-32-68(77(54)62)80(64)82/h1-13,15-22,24-50H,14,23H2. The molecule has 0 bridgehead atoms. The van der Waals surface area contributed by atoms with Crippen molar-refractivity contribution in [1.82, 2.24) is 29.1 Å². The van der Waals surface area contributed by atoms with E-state index in [4.69, 9.17) is 19.9 Å². The first-order chi connectivity index (χ1) is 45.6. The molecular weight excluding hydrogens is 1120 g/mol. The van der Waals surface area contributed by atoms with Crippen molar-refractivity contribution in [3.05, 3.63) is 308 Å². The number of rotatable bonds is 8. The predicted octanol–water partition coefficient (Wildman–Crippen LogP) is 21.8. The average molecular weight is 1170 g/mol. The zero-order valence-corrected chi connectivity index (χ0v) is 49.8. The minimum absolute atomic E-state index is 0.679. The van der Waals surface area contributed by atoms with Crippen LogP contribution >= 0.6 is 0 Å². The van der Waals surface area contributed by atoms with E-state index in [0.29, 0.717) is 11.6 Å². The fraction of sp³-hybridized carbons (Fsp3) is 0.0233. The van der Waals surface area contributed by atoms with Crippen LogP contribution in [0.5, 0.6) is 0 Å². The first-order valence-corrected chi connectivity index (χ1v) is 31.7. The number of allylic oxidation sites excluding steroid dienone is 1. The maximum atomic E-state index is 5.51. The van der Waals surface area contributed by atoms with Gasteiger partial charge in [-0.2, -0.15) is 0 Å². The molecule has 426 valence electrons. The number of nitrogens with zero attached hydrogens (tertiary/aromatic N) is 6. The lowest BCUT2D eigenvalue weighted by Crippen LogP contribution is -1.98. The fourth-order valence-electron chi connectivity index (χ4n) is 15.7. The van der Waals surface area contributed by atoms with Crippen LogP contribution in [0.15, 0.2) is 291 Å². The molecule has 0 aliphatic heterocycles. The number of para-hydroxylation sites is 2. The van der Waals surface area contributed by atoms with Crippen molar-refractivity contribution in [2.75, 3.05) is 0 Å². The molecular formula is C86H52N6. The van der Waals surface area contributed by atoms with E-state index in [0.717, 1.165) is 96.7 Å². The van der Waals surface area contributed by atoms with E-state index < -0.39 is 0 Å². The SMILES string of the molecule is C1=C2c3c(cccc3-c3ccc4c(c32)c2ccccc2n4-c2cccc(-c3nc(-c4ccc(-c5cccc6c5c5ccc7c(c5n6-c5ccc(-c6nc(-c8ccccc8)cc(-c8ccccc8)n6)cc5)-c5cccc6cccc-7c56)cc4)c4ccccc4n3)c2)CC1. The molecule has 13 aromatic carbocycles. The van der Waals surface area contributed by atoms with Gasteiger partial charge in [0.1, 0.15) is 0 Å². The smallest absolute Gasteiger partial charge is 0.160 e. The molecule has 92 heavy (non-hydrogen) atoms. The Bertz CT molecular complexity index is 5970. The Morgan fingerprint density at radius 1 is 0.304 bits per heavy atom. The second-order valence-electron chi connectivity index (χ2n) is 24.6. The van der Waals surface area contributed by atoms with Crippen LogP contribution in [0.25, 0.3) is 183 Å². The van der Waals surface area contributed by atoms with Gasteiger partial charge >= 0.3 is 0 Å². The van der Waals surface area contributed by atoms with Crippen LogP contribution < -0.4 is 0 Å². The molecule has 0 atom stereocenters. The molecule has 0 saturated heterocycles. The molecule has 0 radical (unpaired) electrons. The minimum atomic E-state index is 0.679. The molecule has 0 N–H and O–H groups in total. The van der Waals surface area contributed by atoms with Crippen LogP contribution in [0.2, 0.25) is 0 Å². The lowest BCUT2D eigenvalue weighted by atomic mass is 9.89. The maximum Gasteiger partial charge on any atom is 0.160 e. The van der Waals surface area contributed by atoms with E-state index in [1.54, 1.807) is 0 Å². The lowest BCUT2D eigenvalue weighted by molar-refractivity contribution is 0.982. The van der Waals surface area contributed by atoms with Crippen molar-refractivity contribution in [3.63, 3.8) is 0 Å². The van der Waals surface area contributed by atoms with E-state index in [1.807, 2.05) is 12.1 Å². The summed E-state index contributed by atoms with van der Waals surface area (Å²) in [5, 5.41) is 8.51. The Hall–Kier alpha value is -12.1. The monoisotopic (exact) mass is 1170 g/mol. The molecule has 6 heteroatoms. The summed E-state index contributed by atoms with van der Waals surface area (Å²) in [6, 6.07) is 103. The van der Waals surface area contributed by atoms with Gasteiger partial charge in [-0.25, -0.2) is 19.9 Å². The van der Waals surface area contributed by atoms with E-state index >= 15 is 0 Å². The Balaban J connectivity index is 0.710. The molecule has 0 spiro atoms. The van der Waals surface area contributed by atoms with Crippen molar-refractivity contribution in [2.45, 2.75) is 12.8 Å². The number of benzene rings is 13. The summed E-state index contributed by atoms with van der Waals surface area (Å²) in [6.45, 7) is 0. The third-order valence-electron chi connectivity index (χ3n) is 19.7.